The molecule has 1 fully saturated rings. The van der Waals surface area contributed by atoms with Crippen molar-refractivity contribution in [3.8, 4) is 0 Å². The van der Waals surface area contributed by atoms with Crippen molar-refractivity contribution in [1.29, 1.82) is 0 Å². The van der Waals surface area contributed by atoms with Gasteiger partial charge >= 0.3 is 0 Å². The van der Waals surface area contributed by atoms with Gasteiger partial charge in [0.1, 0.15) is 5.56 Å². The summed E-state index contributed by atoms with van der Waals surface area (Å²) in [6, 6.07) is 14.5. The van der Waals surface area contributed by atoms with Crippen molar-refractivity contribution in [3.05, 3.63) is 87.5 Å². The van der Waals surface area contributed by atoms with E-state index in [-0.39, 0.29) is 17.8 Å². The zero-order valence-corrected chi connectivity index (χ0v) is 16.9. The van der Waals surface area contributed by atoms with E-state index in [1.54, 1.807) is 24.3 Å². The molecule has 1 aliphatic heterocycles. The lowest BCUT2D eigenvalue weighted by Gasteiger charge is -2.30. The van der Waals surface area contributed by atoms with Gasteiger partial charge < -0.3 is 0 Å². The van der Waals surface area contributed by atoms with E-state index in [9.17, 15) is 24.5 Å². The van der Waals surface area contributed by atoms with Crippen LogP contribution in [0.3, 0.4) is 0 Å². The van der Waals surface area contributed by atoms with Gasteiger partial charge in [0.15, 0.2) is 0 Å². The molecule has 0 N–H and O–H groups in total. The molecule has 2 aromatic carbocycles. The first-order valence-electron chi connectivity index (χ1n) is 10.0. The lowest BCUT2D eigenvalue weighted by atomic mass is 9.82. The Morgan fingerprint density at radius 3 is 2.42 bits per heavy atom. The van der Waals surface area contributed by atoms with Crippen molar-refractivity contribution in [2.45, 2.75) is 26.3 Å². The summed E-state index contributed by atoms with van der Waals surface area (Å²) < 4.78 is 0. The summed E-state index contributed by atoms with van der Waals surface area (Å²) in [6.07, 6.45) is 2.85. The SMILES string of the molecule is CC1=CC[C@H]2C(=O)N(N(Cc3ccccc3)C(=O)c3ccccc3[N+](=O)[O-])C(=O)[C@@H]2C1. The monoisotopic (exact) mass is 419 g/mol. The molecule has 1 heterocycles. The summed E-state index contributed by atoms with van der Waals surface area (Å²) in [5.41, 5.74) is 1.18. The first-order chi connectivity index (χ1) is 14.9. The Kier molecular flexibility index (Phi) is 5.37. The van der Waals surface area contributed by atoms with Crippen LogP contribution in [0.15, 0.2) is 66.2 Å². The largest absolute Gasteiger partial charge is 0.282 e. The van der Waals surface area contributed by atoms with Gasteiger partial charge in [-0.2, -0.15) is 5.01 Å². The van der Waals surface area contributed by atoms with Crippen LogP contribution in [0.5, 0.6) is 0 Å². The number of benzene rings is 2. The number of hydrogen-bond acceptors (Lipinski definition) is 5. The molecule has 158 valence electrons. The molecular weight excluding hydrogens is 398 g/mol. The second-order valence-corrected chi connectivity index (χ2v) is 7.81. The van der Waals surface area contributed by atoms with Crippen LogP contribution < -0.4 is 0 Å². The third-order valence-electron chi connectivity index (χ3n) is 5.78. The minimum atomic E-state index is -0.763. The Hall–Kier alpha value is -3.81. The zero-order valence-electron chi connectivity index (χ0n) is 16.9. The molecule has 31 heavy (non-hydrogen) atoms. The van der Waals surface area contributed by atoms with Crippen molar-refractivity contribution < 1.29 is 19.3 Å². The summed E-state index contributed by atoms with van der Waals surface area (Å²) in [4.78, 5) is 50.7. The van der Waals surface area contributed by atoms with Gasteiger partial charge in [-0.05, 0) is 31.4 Å². The van der Waals surface area contributed by atoms with Crippen molar-refractivity contribution in [2.24, 2.45) is 11.8 Å². The Bertz CT molecular complexity index is 1100. The van der Waals surface area contributed by atoms with Crippen LogP contribution in [0, 0.1) is 22.0 Å². The van der Waals surface area contributed by atoms with Crippen molar-refractivity contribution in [3.63, 3.8) is 0 Å². The predicted molar refractivity (Wildman–Crippen MR) is 111 cm³/mol. The molecule has 2 aromatic rings. The highest BCUT2D eigenvalue weighted by Gasteiger charge is 2.51. The second kappa shape index (κ2) is 8.14. The van der Waals surface area contributed by atoms with Crippen LogP contribution in [0.4, 0.5) is 5.69 Å². The molecule has 2 aliphatic rings. The van der Waals surface area contributed by atoms with Gasteiger partial charge in [0.2, 0.25) is 0 Å². The quantitative estimate of drug-likeness (QED) is 0.320. The third kappa shape index (κ3) is 3.72. The average Bonchev–Trinajstić information content (AvgIpc) is 3.01. The van der Waals surface area contributed by atoms with Gasteiger partial charge in [0, 0.05) is 6.07 Å². The van der Waals surface area contributed by atoms with Crippen molar-refractivity contribution in [1.82, 2.24) is 10.0 Å². The Balaban J connectivity index is 1.76. The van der Waals surface area contributed by atoms with E-state index in [1.807, 2.05) is 19.1 Å². The third-order valence-corrected chi connectivity index (χ3v) is 5.78. The molecular formula is C23H21N3O5. The lowest BCUT2D eigenvalue weighted by molar-refractivity contribution is -0.385. The van der Waals surface area contributed by atoms with Crippen LogP contribution in [-0.4, -0.2) is 32.7 Å². The molecule has 3 amide bonds. The number of allylic oxidation sites excluding steroid dienone is 2. The van der Waals surface area contributed by atoms with Gasteiger partial charge in [0.25, 0.3) is 23.4 Å². The van der Waals surface area contributed by atoms with Crippen LogP contribution in [0.1, 0.15) is 35.7 Å². The molecule has 2 atom stereocenters. The van der Waals surface area contributed by atoms with Gasteiger partial charge in [0.05, 0.1) is 23.3 Å². The van der Waals surface area contributed by atoms with E-state index in [0.717, 1.165) is 15.6 Å². The fourth-order valence-corrected chi connectivity index (χ4v) is 4.20. The molecule has 0 bridgehead atoms. The number of imide groups is 1. The molecule has 0 unspecified atom stereocenters. The highest BCUT2D eigenvalue weighted by atomic mass is 16.6. The number of amides is 3. The maximum absolute atomic E-state index is 13.5. The first kappa shape index (κ1) is 20.5. The molecule has 8 heteroatoms. The fraction of sp³-hybridized carbons (Fsp3) is 0.261. The number of para-hydroxylation sites is 1. The van der Waals surface area contributed by atoms with Crippen LogP contribution in [0.25, 0.3) is 0 Å². The van der Waals surface area contributed by atoms with Crippen molar-refractivity contribution >= 4 is 23.4 Å². The first-order valence-corrected chi connectivity index (χ1v) is 10.0. The minimum Gasteiger partial charge on any atom is -0.272 e. The topological polar surface area (TPSA) is 101 Å². The predicted octanol–water partition coefficient (Wildman–Crippen LogP) is 3.49. The maximum Gasteiger partial charge on any atom is 0.282 e. The molecule has 8 nitrogen and oxygen atoms in total. The summed E-state index contributed by atoms with van der Waals surface area (Å²) >= 11 is 0. The van der Waals surface area contributed by atoms with Crippen molar-refractivity contribution in [2.75, 3.05) is 0 Å². The number of hydrazine groups is 1. The lowest BCUT2D eigenvalue weighted by Crippen LogP contribution is -2.50. The molecule has 1 saturated heterocycles. The summed E-state index contributed by atoms with van der Waals surface area (Å²) in [7, 11) is 0. The number of hydrogen-bond donors (Lipinski definition) is 0. The van der Waals surface area contributed by atoms with Gasteiger partial charge in [-0.15, -0.1) is 0 Å². The number of fused-ring (bicyclic) bond motifs is 1. The maximum atomic E-state index is 13.5. The van der Waals surface area contributed by atoms with E-state index >= 15 is 0 Å². The smallest absolute Gasteiger partial charge is 0.272 e. The summed E-state index contributed by atoms with van der Waals surface area (Å²) in [5, 5.41) is 13.4. The standard InChI is InChI=1S/C23H21N3O5/c1-15-11-12-17-19(13-15)23(29)25(22(17)28)24(14-16-7-3-2-4-8-16)21(27)18-9-5-6-10-20(18)26(30)31/h2-11,17,19H,12-14H2,1H3/t17-,19-/m1/s1. The number of nitro benzene ring substituents is 1. The van der Waals surface area contributed by atoms with E-state index in [1.165, 1.54) is 24.3 Å². The van der Waals surface area contributed by atoms with E-state index in [2.05, 4.69) is 0 Å². The number of rotatable bonds is 5. The number of nitrogens with zero attached hydrogens (tertiary/aromatic N) is 3. The van der Waals surface area contributed by atoms with Crippen LogP contribution in [0.2, 0.25) is 0 Å². The molecule has 0 aromatic heterocycles. The van der Waals surface area contributed by atoms with E-state index < -0.39 is 34.5 Å². The van der Waals surface area contributed by atoms with Crippen LogP contribution in [-0.2, 0) is 16.1 Å². The number of nitro groups is 1. The zero-order chi connectivity index (χ0) is 22.1. The highest BCUT2D eigenvalue weighted by molar-refractivity contribution is 6.08. The molecule has 4 rings (SSSR count). The minimum absolute atomic E-state index is 0.0605. The second-order valence-electron chi connectivity index (χ2n) is 7.81. The van der Waals surface area contributed by atoms with Gasteiger partial charge in [-0.25, -0.2) is 5.01 Å². The normalized spacial score (nSPS) is 20.3. The molecule has 0 saturated carbocycles. The number of carbonyl (C=O) groups is 3. The summed E-state index contributed by atoms with van der Waals surface area (Å²) in [5.74, 6) is -2.68. The molecule has 0 radical (unpaired) electrons. The fourth-order valence-electron chi connectivity index (χ4n) is 4.20. The average molecular weight is 419 g/mol. The molecule has 1 aliphatic carbocycles. The van der Waals surface area contributed by atoms with E-state index in [4.69, 9.17) is 0 Å². The Morgan fingerprint density at radius 1 is 1.06 bits per heavy atom. The number of carbonyl (C=O) groups excluding carboxylic acids is 3. The molecule has 0 spiro atoms. The van der Waals surface area contributed by atoms with Gasteiger partial charge in [-0.3, -0.25) is 24.5 Å². The Labute approximate surface area is 178 Å². The summed E-state index contributed by atoms with van der Waals surface area (Å²) in [6.45, 7) is 1.85. The highest BCUT2D eigenvalue weighted by Crippen LogP contribution is 2.39. The van der Waals surface area contributed by atoms with E-state index in [0.29, 0.717) is 18.4 Å². The van der Waals surface area contributed by atoms with Gasteiger partial charge in [-0.1, -0.05) is 54.1 Å². The van der Waals surface area contributed by atoms with Crippen LogP contribution >= 0.6 is 0 Å². The Morgan fingerprint density at radius 2 is 1.71 bits per heavy atom.